The standard InChI is InChI=1S/C6H10N2O/c1-7-5-8-6(2-3-6)4-9-5/h2-4H2,1H3,(H,7,8). The van der Waals surface area contributed by atoms with Gasteiger partial charge in [0.2, 0.25) is 0 Å². The molecule has 9 heavy (non-hydrogen) atoms. The van der Waals surface area contributed by atoms with E-state index in [4.69, 9.17) is 4.74 Å². The molecule has 1 spiro atoms. The molecule has 1 saturated carbocycles. The average molecular weight is 126 g/mol. The molecule has 2 aliphatic rings. The van der Waals surface area contributed by atoms with Crippen molar-refractivity contribution in [3.63, 3.8) is 0 Å². The Kier molecular flexibility index (Phi) is 0.793. The van der Waals surface area contributed by atoms with Gasteiger partial charge in [0, 0.05) is 7.05 Å². The summed E-state index contributed by atoms with van der Waals surface area (Å²) in [5.41, 5.74) is 0.314. The van der Waals surface area contributed by atoms with Crippen LogP contribution in [0, 0.1) is 0 Å². The Balaban J connectivity index is 2.08. The van der Waals surface area contributed by atoms with Gasteiger partial charge in [-0.2, -0.15) is 0 Å². The molecule has 0 aromatic carbocycles. The summed E-state index contributed by atoms with van der Waals surface area (Å²) < 4.78 is 5.22. The van der Waals surface area contributed by atoms with Crippen LogP contribution in [0.2, 0.25) is 0 Å². The zero-order valence-electron chi connectivity index (χ0n) is 5.48. The van der Waals surface area contributed by atoms with Crippen molar-refractivity contribution < 1.29 is 4.74 Å². The van der Waals surface area contributed by atoms with E-state index in [-0.39, 0.29) is 0 Å². The molecule has 3 heteroatoms. The van der Waals surface area contributed by atoms with Crippen molar-refractivity contribution in [2.75, 3.05) is 13.7 Å². The average Bonchev–Trinajstić information content (AvgIpc) is 2.44. The van der Waals surface area contributed by atoms with E-state index >= 15 is 0 Å². The molecule has 0 radical (unpaired) electrons. The van der Waals surface area contributed by atoms with Crippen LogP contribution in [-0.4, -0.2) is 25.2 Å². The van der Waals surface area contributed by atoms with Crippen molar-refractivity contribution in [3.05, 3.63) is 0 Å². The Bertz CT molecular complexity index is 160. The first kappa shape index (κ1) is 5.09. The molecule has 0 amide bonds. The van der Waals surface area contributed by atoms with Gasteiger partial charge in [0.15, 0.2) is 0 Å². The molecule has 2 fully saturated rings. The summed E-state index contributed by atoms with van der Waals surface area (Å²) in [6.07, 6.45) is 2.48. The van der Waals surface area contributed by atoms with Crippen LogP contribution in [0.1, 0.15) is 12.8 Å². The molecule has 2 rings (SSSR count). The molecule has 0 atom stereocenters. The number of nitrogens with zero attached hydrogens (tertiary/aromatic N) is 1. The van der Waals surface area contributed by atoms with Gasteiger partial charge in [0.1, 0.15) is 6.61 Å². The molecule has 0 bridgehead atoms. The van der Waals surface area contributed by atoms with Crippen LogP contribution >= 0.6 is 0 Å². The van der Waals surface area contributed by atoms with E-state index in [0.717, 1.165) is 6.61 Å². The Morgan fingerprint density at radius 2 is 2.44 bits per heavy atom. The van der Waals surface area contributed by atoms with E-state index in [1.807, 2.05) is 0 Å². The summed E-state index contributed by atoms with van der Waals surface area (Å²) in [5, 5.41) is 3.22. The largest absolute Gasteiger partial charge is 0.463 e. The summed E-state index contributed by atoms with van der Waals surface area (Å²) in [6.45, 7) is 0.819. The predicted octanol–water partition coefficient (Wildman–Crippen LogP) is 0.125. The van der Waals surface area contributed by atoms with Crippen molar-refractivity contribution in [3.8, 4) is 0 Å². The fourth-order valence-electron chi connectivity index (χ4n) is 1.05. The molecule has 1 heterocycles. The maximum Gasteiger partial charge on any atom is 0.284 e. The van der Waals surface area contributed by atoms with Crippen molar-refractivity contribution in [1.82, 2.24) is 5.32 Å². The van der Waals surface area contributed by atoms with Gasteiger partial charge in [0.25, 0.3) is 6.02 Å². The van der Waals surface area contributed by atoms with Crippen molar-refractivity contribution in [1.29, 1.82) is 0 Å². The summed E-state index contributed by atoms with van der Waals surface area (Å²) in [4.78, 5) is 3.91. The highest BCUT2D eigenvalue weighted by Gasteiger charge is 2.48. The third-order valence-electron chi connectivity index (χ3n) is 1.91. The maximum absolute atomic E-state index is 5.22. The summed E-state index contributed by atoms with van der Waals surface area (Å²) in [7, 11) is 1.74. The van der Waals surface area contributed by atoms with Crippen molar-refractivity contribution in [2.24, 2.45) is 4.99 Å². The molecular weight excluding hydrogens is 116 g/mol. The Hall–Kier alpha value is -0.730. The predicted molar refractivity (Wildman–Crippen MR) is 34.4 cm³/mol. The SMILES string of the molecule is CN=C1NC2(CC2)CO1. The van der Waals surface area contributed by atoms with Gasteiger partial charge in [-0.3, -0.25) is 0 Å². The van der Waals surface area contributed by atoms with Crippen LogP contribution in [0.5, 0.6) is 0 Å². The molecule has 1 aliphatic heterocycles. The highest BCUT2D eigenvalue weighted by molar-refractivity contribution is 5.77. The van der Waals surface area contributed by atoms with Crippen LogP contribution in [0.4, 0.5) is 0 Å². The van der Waals surface area contributed by atoms with E-state index in [2.05, 4.69) is 10.3 Å². The highest BCUT2D eigenvalue weighted by Crippen LogP contribution is 2.38. The minimum absolute atomic E-state index is 0.314. The van der Waals surface area contributed by atoms with E-state index in [9.17, 15) is 0 Å². The van der Waals surface area contributed by atoms with E-state index in [0.29, 0.717) is 11.6 Å². The Morgan fingerprint density at radius 1 is 1.67 bits per heavy atom. The van der Waals surface area contributed by atoms with E-state index in [1.54, 1.807) is 7.05 Å². The molecule has 1 N–H and O–H groups in total. The van der Waals surface area contributed by atoms with Crippen LogP contribution in [0.15, 0.2) is 4.99 Å². The molecule has 0 unspecified atom stereocenters. The van der Waals surface area contributed by atoms with Crippen LogP contribution in [0.25, 0.3) is 0 Å². The molecule has 1 aliphatic carbocycles. The molecule has 0 aromatic heterocycles. The second kappa shape index (κ2) is 1.40. The fourth-order valence-corrected chi connectivity index (χ4v) is 1.05. The van der Waals surface area contributed by atoms with Crippen molar-refractivity contribution in [2.45, 2.75) is 18.4 Å². The smallest absolute Gasteiger partial charge is 0.284 e. The van der Waals surface area contributed by atoms with Gasteiger partial charge in [-0.1, -0.05) is 0 Å². The van der Waals surface area contributed by atoms with Crippen molar-refractivity contribution >= 4 is 6.02 Å². The van der Waals surface area contributed by atoms with Crippen LogP contribution < -0.4 is 5.32 Å². The van der Waals surface area contributed by atoms with E-state index < -0.39 is 0 Å². The summed E-state index contributed by atoms with van der Waals surface area (Å²) in [5.74, 6) is 0. The number of nitrogens with one attached hydrogen (secondary N) is 1. The first-order valence-corrected chi connectivity index (χ1v) is 3.22. The Morgan fingerprint density at radius 3 is 2.78 bits per heavy atom. The van der Waals surface area contributed by atoms with Gasteiger partial charge in [-0.05, 0) is 12.8 Å². The lowest BCUT2D eigenvalue weighted by molar-refractivity contribution is 0.319. The zero-order valence-corrected chi connectivity index (χ0v) is 5.48. The minimum atomic E-state index is 0.314. The molecule has 1 saturated heterocycles. The highest BCUT2D eigenvalue weighted by atomic mass is 16.5. The lowest BCUT2D eigenvalue weighted by atomic mass is 10.3. The first-order valence-electron chi connectivity index (χ1n) is 3.22. The lowest BCUT2D eigenvalue weighted by Gasteiger charge is -1.98. The number of ether oxygens (including phenoxy) is 1. The zero-order chi connectivity index (χ0) is 6.32. The third-order valence-corrected chi connectivity index (χ3v) is 1.91. The van der Waals surface area contributed by atoms with Gasteiger partial charge >= 0.3 is 0 Å². The second-order valence-electron chi connectivity index (χ2n) is 2.72. The normalized spacial score (nSPS) is 32.3. The van der Waals surface area contributed by atoms with Gasteiger partial charge in [-0.25, -0.2) is 4.99 Å². The fraction of sp³-hybridized carbons (Fsp3) is 0.833. The third kappa shape index (κ3) is 0.677. The summed E-state index contributed by atoms with van der Waals surface area (Å²) >= 11 is 0. The van der Waals surface area contributed by atoms with Gasteiger partial charge in [-0.15, -0.1) is 0 Å². The summed E-state index contributed by atoms with van der Waals surface area (Å²) in [6, 6.07) is 0.715. The molecular formula is C6H10N2O. The number of rotatable bonds is 0. The minimum Gasteiger partial charge on any atom is -0.463 e. The van der Waals surface area contributed by atoms with Crippen LogP contribution in [-0.2, 0) is 4.74 Å². The van der Waals surface area contributed by atoms with E-state index in [1.165, 1.54) is 12.8 Å². The van der Waals surface area contributed by atoms with Gasteiger partial charge < -0.3 is 10.1 Å². The van der Waals surface area contributed by atoms with Gasteiger partial charge in [0.05, 0.1) is 5.54 Å². The Labute approximate surface area is 54.1 Å². The maximum atomic E-state index is 5.22. The number of amidine groups is 1. The molecule has 50 valence electrons. The quantitative estimate of drug-likeness (QED) is 0.500. The number of hydrogen-bond donors (Lipinski definition) is 1. The number of hydrogen-bond acceptors (Lipinski definition) is 2. The second-order valence-corrected chi connectivity index (χ2v) is 2.72. The molecule has 3 nitrogen and oxygen atoms in total. The monoisotopic (exact) mass is 126 g/mol. The molecule has 0 aromatic rings. The first-order chi connectivity index (χ1) is 4.35. The lowest BCUT2D eigenvalue weighted by Crippen LogP contribution is -2.28. The van der Waals surface area contributed by atoms with Crippen LogP contribution in [0.3, 0.4) is 0 Å². The topological polar surface area (TPSA) is 33.6 Å². The number of aliphatic imine (C=N–C) groups is 1.